The SMILES string of the molecule is O=C1CCC(N2C(=O)c3cc4c(cc3C2=O)CN(CC2CCN(C(=O)C3CN(c5ccc(-c6c(-c7ccccc7)ccc7cc(O)ccc67)cc5)C3)CC2)C4)C(=O)N1. The summed E-state index contributed by atoms with van der Waals surface area (Å²) in [4.78, 5) is 72.0. The maximum Gasteiger partial charge on any atom is 0.262 e. The third kappa shape index (κ3) is 6.30. The topological polar surface area (TPSA) is 131 Å². The highest BCUT2D eigenvalue weighted by atomic mass is 16.3. The molecule has 2 N–H and O–H groups in total. The highest BCUT2D eigenvalue weighted by Crippen LogP contribution is 2.41. The van der Waals surface area contributed by atoms with Gasteiger partial charge in [-0.3, -0.25) is 39.1 Å². The molecule has 5 aromatic rings. The van der Waals surface area contributed by atoms with Crippen LogP contribution in [0.3, 0.4) is 0 Å². The van der Waals surface area contributed by atoms with Gasteiger partial charge >= 0.3 is 0 Å². The Hall–Kier alpha value is -6.33. The molecule has 5 aliphatic rings. The molecule has 0 radical (unpaired) electrons. The van der Waals surface area contributed by atoms with Crippen LogP contribution in [0.5, 0.6) is 5.75 Å². The molecular weight excluding hydrogens is 731 g/mol. The van der Waals surface area contributed by atoms with Crippen LogP contribution in [0.1, 0.15) is 57.5 Å². The first-order chi connectivity index (χ1) is 28.2. The van der Waals surface area contributed by atoms with Crippen LogP contribution in [-0.2, 0) is 27.5 Å². The smallest absolute Gasteiger partial charge is 0.262 e. The van der Waals surface area contributed by atoms with E-state index in [4.69, 9.17) is 0 Å². The van der Waals surface area contributed by atoms with Crippen LogP contribution >= 0.6 is 0 Å². The molecule has 0 bridgehead atoms. The average Bonchev–Trinajstić information content (AvgIpc) is 3.72. The van der Waals surface area contributed by atoms with Crippen molar-refractivity contribution in [3.63, 3.8) is 0 Å². The normalized spacial score (nSPS) is 20.1. The first-order valence-corrected chi connectivity index (χ1v) is 20.2. The average molecular weight is 774 g/mol. The number of fused-ring (bicyclic) bond motifs is 3. The predicted molar refractivity (Wildman–Crippen MR) is 219 cm³/mol. The fraction of sp³-hybridized carbons (Fsp3) is 0.298. The van der Waals surface area contributed by atoms with Gasteiger partial charge in [-0.1, -0.05) is 60.7 Å². The predicted octanol–water partition coefficient (Wildman–Crippen LogP) is 5.97. The molecule has 5 aromatic carbocycles. The Labute approximate surface area is 335 Å². The van der Waals surface area contributed by atoms with Crippen LogP contribution in [0, 0.1) is 11.8 Å². The Kier molecular flexibility index (Phi) is 8.85. The van der Waals surface area contributed by atoms with E-state index in [1.54, 1.807) is 12.1 Å². The number of phenols is 1. The maximum absolute atomic E-state index is 13.6. The third-order valence-electron chi connectivity index (χ3n) is 12.8. The summed E-state index contributed by atoms with van der Waals surface area (Å²) in [6.45, 7) is 5.14. The zero-order valence-corrected chi connectivity index (χ0v) is 32.0. The van der Waals surface area contributed by atoms with Gasteiger partial charge in [0.05, 0.1) is 17.0 Å². The molecule has 3 fully saturated rings. The Morgan fingerprint density at radius 1 is 0.724 bits per heavy atom. The zero-order valence-electron chi connectivity index (χ0n) is 32.0. The summed E-state index contributed by atoms with van der Waals surface area (Å²) in [5.41, 5.74) is 8.29. The van der Waals surface area contributed by atoms with Crippen LogP contribution in [0.15, 0.2) is 97.1 Å². The van der Waals surface area contributed by atoms with Crippen LogP contribution in [-0.4, -0.2) is 88.1 Å². The number of piperidine rings is 2. The molecule has 1 unspecified atom stereocenters. The zero-order chi connectivity index (χ0) is 39.7. The van der Waals surface area contributed by atoms with Gasteiger partial charge < -0.3 is 14.9 Å². The van der Waals surface area contributed by atoms with Crippen LogP contribution in [0.4, 0.5) is 5.69 Å². The Morgan fingerprint density at radius 2 is 1.41 bits per heavy atom. The van der Waals surface area contributed by atoms with E-state index >= 15 is 0 Å². The van der Waals surface area contributed by atoms with E-state index < -0.39 is 29.7 Å². The van der Waals surface area contributed by atoms with Gasteiger partial charge in [0.2, 0.25) is 17.7 Å². The highest BCUT2D eigenvalue weighted by molar-refractivity contribution is 6.23. The van der Waals surface area contributed by atoms with Crippen molar-refractivity contribution in [1.82, 2.24) is 20.0 Å². The number of benzene rings is 5. The number of phenolic OH excluding ortho intramolecular Hbond substituents is 1. The summed E-state index contributed by atoms with van der Waals surface area (Å²) in [6.07, 6.45) is 2.10. The molecule has 292 valence electrons. The summed E-state index contributed by atoms with van der Waals surface area (Å²) in [7, 11) is 0. The second kappa shape index (κ2) is 14.2. The summed E-state index contributed by atoms with van der Waals surface area (Å²) >= 11 is 0. The van der Waals surface area contributed by atoms with Gasteiger partial charge in [-0.15, -0.1) is 0 Å². The summed E-state index contributed by atoms with van der Waals surface area (Å²) < 4.78 is 0. The number of hydrogen-bond acceptors (Lipinski definition) is 8. The summed E-state index contributed by atoms with van der Waals surface area (Å²) in [5.74, 6) is -1.03. The molecule has 3 saturated heterocycles. The van der Waals surface area contributed by atoms with Crippen molar-refractivity contribution < 1.29 is 29.1 Å². The molecule has 5 amide bonds. The van der Waals surface area contributed by atoms with Crippen molar-refractivity contribution in [3.05, 3.63) is 119 Å². The monoisotopic (exact) mass is 773 g/mol. The lowest BCUT2D eigenvalue weighted by Crippen LogP contribution is -2.56. The number of hydrogen-bond donors (Lipinski definition) is 2. The van der Waals surface area contributed by atoms with Gasteiger partial charge in [0.15, 0.2) is 0 Å². The van der Waals surface area contributed by atoms with E-state index in [2.05, 4.69) is 63.6 Å². The van der Waals surface area contributed by atoms with E-state index in [1.165, 1.54) is 0 Å². The molecule has 0 aliphatic carbocycles. The molecule has 0 aromatic heterocycles. The van der Waals surface area contributed by atoms with Crippen LogP contribution in [0.2, 0.25) is 0 Å². The fourth-order valence-electron chi connectivity index (χ4n) is 9.70. The lowest BCUT2D eigenvalue weighted by Gasteiger charge is -2.43. The van der Waals surface area contributed by atoms with Crippen molar-refractivity contribution in [1.29, 1.82) is 0 Å². The summed E-state index contributed by atoms with van der Waals surface area (Å²) in [6, 6.07) is 31.3. The quantitative estimate of drug-likeness (QED) is 0.194. The largest absolute Gasteiger partial charge is 0.508 e. The van der Waals surface area contributed by atoms with E-state index in [9.17, 15) is 29.1 Å². The number of carbonyl (C=O) groups excluding carboxylic acids is 5. The van der Waals surface area contributed by atoms with Gasteiger partial charge in [0.1, 0.15) is 11.8 Å². The van der Waals surface area contributed by atoms with Crippen LogP contribution in [0.25, 0.3) is 33.0 Å². The number of nitrogens with zero attached hydrogens (tertiary/aromatic N) is 4. The van der Waals surface area contributed by atoms with E-state index in [-0.39, 0.29) is 30.4 Å². The van der Waals surface area contributed by atoms with Crippen molar-refractivity contribution in [2.45, 2.75) is 44.8 Å². The van der Waals surface area contributed by atoms with E-state index in [0.29, 0.717) is 43.2 Å². The minimum absolute atomic E-state index is 0.0157. The number of rotatable bonds is 7. The van der Waals surface area contributed by atoms with Gasteiger partial charge in [-0.2, -0.15) is 0 Å². The molecule has 10 rings (SSSR count). The van der Waals surface area contributed by atoms with Crippen molar-refractivity contribution in [2.75, 3.05) is 37.6 Å². The van der Waals surface area contributed by atoms with Gasteiger partial charge in [-0.05, 0) is 106 Å². The fourth-order valence-corrected chi connectivity index (χ4v) is 9.70. The molecule has 11 nitrogen and oxygen atoms in total. The van der Waals surface area contributed by atoms with Crippen molar-refractivity contribution in [3.8, 4) is 28.0 Å². The number of nitrogens with one attached hydrogen (secondary N) is 1. The molecule has 5 heterocycles. The first-order valence-electron chi connectivity index (χ1n) is 20.2. The maximum atomic E-state index is 13.6. The number of amides is 5. The number of imide groups is 2. The van der Waals surface area contributed by atoms with Crippen LogP contribution < -0.4 is 10.2 Å². The molecule has 1 atom stereocenters. The lowest BCUT2D eigenvalue weighted by atomic mass is 9.89. The molecule has 11 heteroatoms. The van der Waals surface area contributed by atoms with Gasteiger partial charge in [0.25, 0.3) is 11.8 Å². The minimum Gasteiger partial charge on any atom is -0.508 e. The van der Waals surface area contributed by atoms with Gasteiger partial charge in [-0.25, -0.2) is 0 Å². The Balaban J connectivity index is 0.729. The first kappa shape index (κ1) is 36.0. The molecular formula is C47H43N5O6. The number of aromatic hydroxyl groups is 1. The molecule has 5 aliphatic heterocycles. The van der Waals surface area contributed by atoms with Gasteiger partial charge in [0, 0.05) is 57.9 Å². The Morgan fingerprint density at radius 3 is 2.09 bits per heavy atom. The highest BCUT2D eigenvalue weighted by Gasteiger charge is 2.45. The standard InChI is InChI=1S/C47H43N5O6/c53-36-11-13-38-31(20-36)8-12-37(29-4-2-1-3-5-29)43(38)30-6-9-35(10-7-30)51-26-34(27-51)45(56)50-18-16-28(17-19-50)23-49-24-32-21-39-40(22-33(32)25-49)47(58)52(46(39)57)41-14-15-42(54)48-44(41)55/h1-13,20-22,28,34,41,53H,14-19,23-27H2,(H,48,54,55). The lowest BCUT2D eigenvalue weighted by molar-refractivity contribution is -0.138. The second-order valence-corrected chi connectivity index (χ2v) is 16.5. The second-order valence-electron chi connectivity index (χ2n) is 16.5. The van der Waals surface area contributed by atoms with Crippen molar-refractivity contribution in [2.24, 2.45) is 11.8 Å². The Bertz CT molecular complexity index is 2480. The number of likely N-dealkylation sites (tertiary alicyclic amines) is 1. The number of carbonyl (C=O) groups is 5. The minimum atomic E-state index is -0.968. The molecule has 58 heavy (non-hydrogen) atoms. The van der Waals surface area contributed by atoms with Crippen molar-refractivity contribution >= 4 is 46.0 Å². The third-order valence-corrected chi connectivity index (χ3v) is 12.8. The van der Waals surface area contributed by atoms with E-state index in [1.807, 2.05) is 41.3 Å². The summed E-state index contributed by atoms with van der Waals surface area (Å²) in [5, 5.41) is 14.5. The molecule has 0 spiro atoms. The van der Waals surface area contributed by atoms with E-state index in [0.717, 1.165) is 87.2 Å². The molecule has 0 saturated carbocycles. The number of anilines is 1.